The first-order valence-corrected chi connectivity index (χ1v) is 50.9. The van der Waals surface area contributed by atoms with Crippen molar-refractivity contribution in [2.45, 2.75) is 287 Å². The van der Waals surface area contributed by atoms with Gasteiger partial charge in [0.05, 0.1) is 13.2 Å². The molecule has 2 aliphatic rings. The van der Waals surface area contributed by atoms with E-state index >= 15 is 0 Å². The average Bonchev–Trinajstić information content (AvgIpc) is 0.995. The molecule has 12 aromatic rings. The number of hydrogen-bond acceptors (Lipinski definition) is 12. The maximum absolute atomic E-state index is 11.9. The zero-order valence-corrected chi connectivity index (χ0v) is 84.9. The van der Waals surface area contributed by atoms with Crippen molar-refractivity contribution in [1.82, 2.24) is 0 Å². The zero-order chi connectivity index (χ0) is 91.2. The largest absolute Gasteiger partial charge is 0.376 e. The molecule has 0 fully saturated rings. The fourth-order valence-corrected chi connectivity index (χ4v) is 19.5. The molecule has 0 spiro atoms. The third kappa shape index (κ3) is 37.4. The van der Waals surface area contributed by atoms with Gasteiger partial charge in [0.25, 0.3) is 0 Å². The first-order chi connectivity index (χ1) is 57.1. The lowest BCUT2D eigenvalue weighted by molar-refractivity contribution is -0.198. The van der Waals surface area contributed by atoms with Gasteiger partial charge in [0.1, 0.15) is 9.87 Å². The first kappa shape index (κ1) is 104. The van der Waals surface area contributed by atoms with Crippen molar-refractivity contribution in [3.63, 3.8) is 0 Å². The highest BCUT2D eigenvalue weighted by Gasteiger charge is 2.31. The second kappa shape index (κ2) is 45.9. The molecule has 0 radical (unpaired) electrons. The Balaban J connectivity index is 0.000000254. The SMILES string of the molecule is CC(C)(C)C.CC(C)(C)C.CC(C)(C)C.CC(C)(C)C.CC(C)(C)C.CC(C)(C)C.CC1(O)OCCCCc2cccc3c(cccc23)CS[C@](C)(O)c2cccc3ccc(cc23)CSSCc2cc1c1ccccc1c2.CC1(O)OCCCCc2cccc3c(cccc23)CS[C@](C)(O)c2cccc3ccc(cc23)SSCc2cc1c1ccccc1c2. The molecule has 2 aliphatic heterocycles. The molecule has 2 unspecified atom stereocenters. The summed E-state index contributed by atoms with van der Waals surface area (Å²) < 4.78 is 12.4. The van der Waals surface area contributed by atoms with E-state index in [1.54, 1.807) is 59.0 Å². The van der Waals surface area contributed by atoms with Gasteiger partial charge in [-0.15, -0.1) is 23.5 Å². The summed E-state index contributed by atoms with van der Waals surface area (Å²) in [6, 6.07) is 76.9. The van der Waals surface area contributed by atoms with Crippen molar-refractivity contribution in [1.29, 1.82) is 0 Å². The quantitative estimate of drug-likeness (QED) is 0.109. The number of fused-ring (bicyclic) bond motifs is 10. The molecule has 0 saturated heterocycles. The summed E-state index contributed by atoms with van der Waals surface area (Å²) in [4.78, 5) is -0.978. The molecule has 0 aromatic heterocycles. The Kier molecular flexibility index (Phi) is 38.8. The van der Waals surface area contributed by atoms with Crippen LogP contribution in [-0.2, 0) is 72.5 Å². The fraction of sp³-hybridized carbons (Fsp3) is 0.459. The topological polar surface area (TPSA) is 99.4 Å². The van der Waals surface area contributed by atoms with Gasteiger partial charge in [-0.1, -0.05) is 397 Å². The van der Waals surface area contributed by atoms with Crippen LogP contribution >= 0.6 is 66.7 Å². The van der Waals surface area contributed by atoms with Crippen LogP contribution in [0.25, 0.3) is 64.6 Å². The van der Waals surface area contributed by atoms with Gasteiger partial charge in [-0.3, -0.25) is 0 Å². The Morgan fingerprint density at radius 2 is 0.569 bits per heavy atom. The van der Waals surface area contributed by atoms with Crippen LogP contribution in [0.15, 0.2) is 223 Å². The van der Waals surface area contributed by atoms with Gasteiger partial charge in [-0.05, 0) is 233 Å². The number of aryl methyl sites for hydroxylation is 2. The molecule has 12 aromatic carbocycles. The van der Waals surface area contributed by atoms with Gasteiger partial charge in [0.2, 0.25) is 0 Å². The van der Waals surface area contributed by atoms with Crippen LogP contribution in [0.2, 0.25) is 0 Å². The molecule has 2 heterocycles. The Morgan fingerprint density at radius 1 is 0.260 bits per heavy atom. The highest BCUT2D eigenvalue weighted by atomic mass is 33.1. The van der Waals surface area contributed by atoms with E-state index in [0.29, 0.717) is 57.2 Å². The Labute approximate surface area is 767 Å². The number of thioether (sulfide) groups is 2. The third-order valence-corrected chi connectivity index (χ3v) is 25.3. The van der Waals surface area contributed by atoms with E-state index < -0.39 is 21.4 Å². The molecule has 0 amide bonds. The molecule has 16 bridgehead atoms. The molecule has 0 saturated carbocycles. The number of benzene rings is 12. The molecule has 14 rings (SSSR count). The summed E-state index contributed by atoms with van der Waals surface area (Å²) in [6.07, 6.45) is 5.48. The van der Waals surface area contributed by atoms with Gasteiger partial charge >= 0.3 is 0 Å². The Morgan fingerprint density at radius 3 is 0.959 bits per heavy atom. The molecule has 6 nitrogen and oxygen atoms in total. The van der Waals surface area contributed by atoms with E-state index in [1.807, 2.05) is 65.8 Å². The third-order valence-electron chi connectivity index (χ3n) is 18.2. The van der Waals surface area contributed by atoms with Crippen molar-refractivity contribution < 1.29 is 29.9 Å². The van der Waals surface area contributed by atoms with Crippen LogP contribution < -0.4 is 0 Å². The lowest BCUT2D eigenvalue weighted by Crippen LogP contribution is -2.26. The smallest absolute Gasteiger partial charge is 0.189 e. The summed E-state index contributed by atoms with van der Waals surface area (Å²) in [5, 5.41) is 60.8. The highest BCUT2D eigenvalue weighted by Crippen LogP contribution is 2.46. The molecule has 12 heteroatoms. The Hall–Kier alpha value is -5.94. The standard InChI is InChI=1S/C41H40O3S3.C40H38O3S3.6C5H12/c1-40(42)39-24-29(22-32-11-3-4-15-36(32)39)26-47-46-25-28-19-20-31-13-9-18-38(37(31)23-28)41(2,43)45-27-33-14-8-16-34-30(10-5-6-21-44-40)12-7-17-35(33)34;1-39(41)38-23-27(22-30-11-3-4-15-35(30)38)25-45-46-32-20-19-29-13-9-18-37(36(29)24-32)40(2,42)44-26-31-14-8-16-33-28(10-5-6-21-43-39)12-7-17-34(31)33;6*1-5(2,3)4/h3-4,7-9,11-20,22-24,42-43H,5-6,10,21,25-27H2,1-2H3;3-4,7-9,11-20,22-24,41-42H,5-6,10,21,25-26H2,1-2H3;6*1-4H3/t40?,41-;39?,40-;;;;;;/m00....../s1. The summed E-state index contributed by atoms with van der Waals surface area (Å²) in [5.74, 6) is 1.05. The molecular formula is C111H150O6S6. The molecule has 4 atom stereocenters. The van der Waals surface area contributed by atoms with Crippen LogP contribution in [0.5, 0.6) is 0 Å². The van der Waals surface area contributed by atoms with Crippen molar-refractivity contribution in [2.75, 3.05) is 13.2 Å². The van der Waals surface area contributed by atoms with Crippen LogP contribution in [0.1, 0.15) is 281 Å². The minimum Gasteiger partial charge on any atom is -0.376 e. The molecular weight excluding hydrogens is 1620 g/mol. The van der Waals surface area contributed by atoms with Gasteiger partial charge in [0.15, 0.2) is 11.6 Å². The number of hydrogen-bond donors (Lipinski definition) is 4. The zero-order valence-electron chi connectivity index (χ0n) is 80.0. The number of ether oxygens (including phenoxy) is 2. The van der Waals surface area contributed by atoms with E-state index in [-0.39, 0.29) is 0 Å². The maximum Gasteiger partial charge on any atom is 0.189 e. The highest BCUT2D eigenvalue weighted by molar-refractivity contribution is 8.76. The number of aliphatic hydroxyl groups is 4. The Bertz CT molecular complexity index is 5200. The fourth-order valence-electron chi connectivity index (χ4n) is 13.3. The molecule has 666 valence electrons. The van der Waals surface area contributed by atoms with Crippen LogP contribution in [0.4, 0.5) is 0 Å². The normalized spacial score (nSPS) is 19.3. The van der Waals surface area contributed by atoms with Gasteiger partial charge in [-0.25, -0.2) is 0 Å². The summed E-state index contributed by atoms with van der Waals surface area (Å²) in [5.41, 5.74) is 15.1. The average molecular weight is 1770 g/mol. The lowest BCUT2D eigenvalue weighted by Gasteiger charge is -2.27. The first-order valence-electron chi connectivity index (χ1n) is 44.1. The summed E-state index contributed by atoms with van der Waals surface area (Å²) in [7, 11) is 7.16. The summed E-state index contributed by atoms with van der Waals surface area (Å²) in [6.45, 7) is 60.9. The van der Waals surface area contributed by atoms with E-state index in [2.05, 4.69) is 354 Å². The van der Waals surface area contributed by atoms with Crippen LogP contribution in [0.3, 0.4) is 0 Å². The van der Waals surface area contributed by atoms with E-state index in [4.69, 9.17) is 9.47 Å². The minimum atomic E-state index is -1.40. The van der Waals surface area contributed by atoms with E-state index in [1.165, 1.54) is 54.9 Å². The predicted molar refractivity (Wildman–Crippen MR) is 553 cm³/mol. The number of rotatable bonds is 0. The van der Waals surface area contributed by atoms with Crippen LogP contribution in [-0.4, -0.2) is 33.6 Å². The monoisotopic (exact) mass is 1770 g/mol. The summed E-state index contributed by atoms with van der Waals surface area (Å²) >= 11 is 3.16. The molecule has 0 aliphatic carbocycles. The van der Waals surface area contributed by atoms with E-state index in [0.717, 1.165) is 132 Å². The predicted octanol–water partition coefficient (Wildman–Crippen LogP) is 33.9. The lowest BCUT2D eigenvalue weighted by atomic mass is 9.96. The van der Waals surface area contributed by atoms with Crippen molar-refractivity contribution in [2.24, 2.45) is 32.5 Å². The minimum absolute atomic E-state index is 0.473. The molecule has 4 N–H and O–H groups in total. The van der Waals surface area contributed by atoms with Crippen molar-refractivity contribution in [3.05, 3.63) is 280 Å². The van der Waals surface area contributed by atoms with E-state index in [9.17, 15) is 20.4 Å². The van der Waals surface area contributed by atoms with Gasteiger partial charge in [-0.2, -0.15) is 0 Å². The van der Waals surface area contributed by atoms with Gasteiger partial charge in [0, 0.05) is 55.9 Å². The van der Waals surface area contributed by atoms with Gasteiger partial charge < -0.3 is 29.9 Å². The van der Waals surface area contributed by atoms with Crippen molar-refractivity contribution >= 4 is 131 Å². The second-order valence-corrected chi connectivity index (χ2v) is 50.7. The van der Waals surface area contributed by atoms with Crippen LogP contribution in [0, 0.1) is 32.5 Å². The second-order valence-electron chi connectivity index (χ2n) is 43.1. The maximum atomic E-state index is 11.9. The molecule has 123 heavy (non-hydrogen) atoms. The van der Waals surface area contributed by atoms with Crippen molar-refractivity contribution in [3.8, 4) is 0 Å².